The Morgan fingerprint density at radius 2 is 2.16 bits per heavy atom. The first-order valence-corrected chi connectivity index (χ1v) is 6.99. The van der Waals surface area contributed by atoms with Crippen LogP contribution in [0.2, 0.25) is 0 Å². The number of hydrogen-bond acceptors (Lipinski definition) is 3. The van der Waals surface area contributed by atoms with Crippen LogP contribution in [0.4, 0.5) is 0 Å². The van der Waals surface area contributed by atoms with Crippen molar-refractivity contribution in [3.8, 4) is 17.1 Å². The molecule has 4 heteroatoms. The van der Waals surface area contributed by atoms with Crippen LogP contribution in [0.3, 0.4) is 0 Å². The van der Waals surface area contributed by atoms with Crippen LogP contribution in [-0.4, -0.2) is 14.7 Å². The molecule has 2 heterocycles. The second-order valence-electron chi connectivity index (χ2n) is 4.40. The molecule has 0 saturated heterocycles. The van der Waals surface area contributed by atoms with Crippen molar-refractivity contribution in [2.75, 3.05) is 0 Å². The highest BCUT2D eigenvalue weighted by Crippen LogP contribution is 2.29. The molecule has 0 radical (unpaired) electrons. The lowest BCUT2D eigenvalue weighted by Crippen LogP contribution is -2.05. The Morgan fingerprint density at radius 1 is 1.26 bits per heavy atom. The van der Waals surface area contributed by atoms with Gasteiger partial charge in [0.2, 0.25) is 0 Å². The molecule has 3 rings (SSSR count). The average Bonchev–Trinajstić information content (AvgIpc) is 3.09. The monoisotopic (exact) mass is 270 g/mol. The highest BCUT2D eigenvalue weighted by molar-refractivity contribution is 7.10. The fourth-order valence-electron chi connectivity index (χ4n) is 2.16. The minimum atomic E-state index is 0.236. The van der Waals surface area contributed by atoms with Gasteiger partial charge in [-0.05, 0) is 30.5 Å². The SMILES string of the molecule is C[C@H](c1cccs1)n1ccnc1-c1cccc(O)c1. The predicted octanol–water partition coefficient (Wildman–Crippen LogP) is 3.93. The zero-order valence-corrected chi connectivity index (χ0v) is 11.3. The summed E-state index contributed by atoms with van der Waals surface area (Å²) in [6.45, 7) is 2.15. The molecule has 1 atom stereocenters. The molecule has 0 aliphatic rings. The normalized spacial score (nSPS) is 12.5. The van der Waals surface area contributed by atoms with Crippen LogP contribution in [0, 0.1) is 0 Å². The molecule has 0 aliphatic heterocycles. The molecular weight excluding hydrogens is 256 g/mol. The summed E-state index contributed by atoms with van der Waals surface area (Å²) in [5.41, 5.74) is 0.924. The zero-order valence-electron chi connectivity index (χ0n) is 10.5. The van der Waals surface area contributed by atoms with Crippen LogP contribution < -0.4 is 0 Å². The van der Waals surface area contributed by atoms with E-state index < -0.39 is 0 Å². The zero-order chi connectivity index (χ0) is 13.2. The number of rotatable bonds is 3. The van der Waals surface area contributed by atoms with Crippen molar-refractivity contribution in [1.29, 1.82) is 0 Å². The molecule has 0 unspecified atom stereocenters. The van der Waals surface area contributed by atoms with Crippen molar-refractivity contribution in [1.82, 2.24) is 9.55 Å². The molecular formula is C15H14N2OS. The van der Waals surface area contributed by atoms with Crippen molar-refractivity contribution in [3.63, 3.8) is 0 Å². The summed E-state index contributed by atoms with van der Waals surface area (Å²) < 4.78 is 2.13. The Morgan fingerprint density at radius 3 is 2.89 bits per heavy atom. The van der Waals surface area contributed by atoms with Gasteiger partial charge in [0.25, 0.3) is 0 Å². The first-order valence-electron chi connectivity index (χ1n) is 6.11. The highest BCUT2D eigenvalue weighted by Gasteiger charge is 2.14. The molecule has 96 valence electrons. The minimum Gasteiger partial charge on any atom is -0.508 e. The molecule has 3 nitrogen and oxygen atoms in total. The van der Waals surface area contributed by atoms with Gasteiger partial charge in [-0.2, -0.15) is 0 Å². The van der Waals surface area contributed by atoms with Crippen molar-refractivity contribution in [3.05, 3.63) is 59.0 Å². The number of thiophene rings is 1. The fourth-order valence-corrected chi connectivity index (χ4v) is 2.94. The molecule has 1 N–H and O–H groups in total. The van der Waals surface area contributed by atoms with E-state index in [-0.39, 0.29) is 11.8 Å². The summed E-state index contributed by atoms with van der Waals surface area (Å²) in [7, 11) is 0. The molecule has 1 aromatic carbocycles. The maximum Gasteiger partial charge on any atom is 0.140 e. The summed E-state index contributed by atoms with van der Waals surface area (Å²) in [5.74, 6) is 1.13. The van der Waals surface area contributed by atoms with Gasteiger partial charge in [-0.15, -0.1) is 11.3 Å². The van der Waals surface area contributed by atoms with Gasteiger partial charge in [-0.1, -0.05) is 18.2 Å². The molecule has 0 saturated carbocycles. The van der Waals surface area contributed by atoms with Crippen LogP contribution in [-0.2, 0) is 0 Å². The van der Waals surface area contributed by atoms with Gasteiger partial charge in [-0.3, -0.25) is 0 Å². The van der Waals surface area contributed by atoms with E-state index >= 15 is 0 Å². The van der Waals surface area contributed by atoms with Crippen LogP contribution in [0.15, 0.2) is 54.2 Å². The third-order valence-corrected chi connectivity index (χ3v) is 4.19. The molecule has 19 heavy (non-hydrogen) atoms. The van der Waals surface area contributed by atoms with Crippen LogP contribution in [0.25, 0.3) is 11.4 Å². The van der Waals surface area contributed by atoms with E-state index in [2.05, 4.69) is 34.0 Å². The van der Waals surface area contributed by atoms with Gasteiger partial charge >= 0.3 is 0 Å². The Balaban J connectivity index is 2.03. The van der Waals surface area contributed by atoms with Gasteiger partial charge < -0.3 is 9.67 Å². The first kappa shape index (κ1) is 12.0. The lowest BCUT2D eigenvalue weighted by atomic mass is 10.2. The highest BCUT2D eigenvalue weighted by atomic mass is 32.1. The molecule has 0 spiro atoms. The third kappa shape index (κ3) is 2.27. The molecule has 0 aliphatic carbocycles. The second-order valence-corrected chi connectivity index (χ2v) is 5.38. The molecule has 0 fully saturated rings. The van der Waals surface area contributed by atoms with Crippen LogP contribution in [0.1, 0.15) is 17.8 Å². The second kappa shape index (κ2) is 4.90. The first-order chi connectivity index (χ1) is 9.25. The number of nitrogens with zero attached hydrogens (tertiary/aromatic N) is 2. The van der Waals surface area contributed by atoms with Gasteiger partial charge in [0.05, 0.1) is 6.04 Å². The number of phenols is 1. The minimum absolute atomic E-state index is 0.236. The fraction of sp³-hybridized carbons (Fsp3) is 0.133. The van der Waals surface area contributed by atoms with Crippen LogP contribution in [0.5, 0.6) is 5.75 Å². The van der Waals surface area contributed by atoms with E-state index in [0.717, 1.165) is 11.4 Å². The maximum atomic E-state index is 9.59. The number of aromatic nitrogens is 2. The summed E-state index contributed by atoms with van der Waals surface area (Å²) in [6, 6.07) is 11.6. The smallest absolute Gasteiger partial charge is 0.140 e. The number of aromatic hydroxyl groups is 1. The van der Waals surface area contributed by atoms with E-state index in [1.165, 1.54) is 4.88 Å². The Kier molecular flexibility index (Phi) is 3.09. The Bertz CT molecular complexity index is 673. The largest absolute Gasteiger partial charge is 0.508 e. The van der Waals surface area contributed by atoms with E-state index in [1.807, 2.05) is 18.3 Å². The molecule has 2 aromatic heterocycles. The number of phenolic OH excluding ortho intramolecular Hbond substituents is 1. The van der Waals surface area contributed by atoms with Gasteiger partial charge in [0.15, 0.2) is 0 Å². The Hall–Kier alpha value is -2.07. The number of hydrogen-bond donors (Lipinski definition) is 1. The van der Waals surface area contributed by atoms with Gasteiger partial charge in [-0.25, -0.2) is 4.98 Å². The van der Waals surface area contributed by atoms with Crippen molar-refractivity contribution in [2.45, 2.75) is 13.0 Å². The van der Waals surface area contributed by atoms with Gasteiger partial charge in [0.1, 0.15) is 11.6 Å². The lowest BCUT2D eigenvalue weighted by molar-refractivity contribution is 0.475. The van der Waals surface area contributed by atoms with E-state index in [9.17, 15) is 5.11 Å². The maximum absolute atomic E-state index is 9.59. The number of benzene rings is 1. The molecule has 0 bridgehead atoms. The summed E-state index contributed by atoms with van der Waals surface area (Å²) in [4.78, 5) is 5.71. The number of imidazole rings is 1. The topological polar surface area (TPSA) is 38.0 Å². The van der Waals surface area contributed by atoms with Crippen molar-refractivity contribution >= 4 is 11.3 Å². The Labute approximate surface area is 115 Å². The lowest BCUT2D eigenvalue weighted by Gasteiger charge is -2.15. The summed E-state index contributed by atoms with van der Waals surface area (Å²) in [6.07, 6.45) is 3.77. The predicted molar refractivity (Wildman–Crippen MR) is 77.5 cm³/mol. The van der Waals surface area contributed by atoms with E-state index in [4.69, 9.17) is 0 Å². The average molecular weight is 270 g/mol. The molecule has 0 amide bonds. The van der Waals surface area contributed by atoms with Crippen molar-refractivity contribution in [2.24, 2.45) is 0 Å². The van der Waals surface area contributed by atoms with Crippen LogP contribution >= 0.6 is 11.3 Å². The molecule has 3 aromatic rings. The quantitative estimate of drug-likeness (QED) is 0.783. The summed E-state index contributed by atoms with van der Waals surface area (Å²) in [5, 5.41) is 11.7. The summed E-state index contributed by atoms with van der Waals surface area (Å²) >= 11 is 1.74. The third-order valence-electron chi connectivity index (χ3n) is 3.15. The van der Waals surface area contributed by atoms with E-state index in [0.29, 0.717) is 0 Å². The van der Waals surface area contributed by atoms with E-state index in [1.54, 1.807) is 29.7 Å². The van der Waals surface area contributed by atoms with Crippen molar-refractivity contribution < 1.29 is 5.11 Å². The van der Waals surface area contributed by atoms with Gasteiger partial charge in [0, 0.05) is 22.8 Å². The standard InChI is InChI=1S/C15H14N2OS/c1-11(14-6-3-9-19-14)17-8-7-16-15(17)12-4-2-5-13(18)10-12/h2-11,18H,1H3/t11-/m1/s1.